The maximum Gasteiger partial charge on any atom is 0.276 e. The molecule has 1 aromatic carbocycles. The summed E-state index contributed by atoms with van der Waals surface area (Å²) in [5, 5.41) is 13.5. The summed E-state index contributed by atoms with van der Waals surface area (Å²) in [6, 6.07) is 9.06. The molecule has 1 amide bonds. The van der Waals surface area contributed by atoms with Crippen molar-refractivity contribution in [2.75, 3.05) is 13.2 Å². The summed E-state index contributed by atoms with van der Waals surface area (Å²) in [7, 11) is 0. The smallest absolute Gasteiger partial charge is 0.276 e. The molecule has 2 heterocycles. The van der Waals surface area contributed by atoms with E-state index in [-0.39, 0.29) is 18.6 Å². The number of aliphatic hydroxyl groups is 1. The molecule has 1 aliphatic heterocycles. The Bertz CT molecular complexity index is 669. The van der Waals surface area contributed by atoms with Gasteiger partial charge in [-0.05, 0) is 49.9 Å². The van der Waals surface area contributed by atoms with Gasteiger partial charge in [-0.1, -0.05) is 16.8 Å². The molecule has 1 N–H and O–H groups in total. The predicted octanol–water partition coefficient (Wildman–Crippen LogP) is 3.37. The van der Waals surface area contributed by atoms with Gasteiger partial charge in [0.15, 0.2) is 11.5 Å². The molecule has 1 aliphatic rings. The van der Waals surface area contributed by atoms with E-state index in [2.05, 4.69) is 5.16 Å². The molecular formula is C17H19ClN2O3. The minimum atomic E-state index is -0.102. The number of carbonyl (C=O) groups excluding carboxylic acids is 1. The number of benzene rings is 1. The average molecular weight is 335 g/mol. The second kappa shape index (κ2) is 7.15. The molecule has 5 nitrogen and oxygen atoms in total. The molecule has 1 saturated heterocycles. The van der Waals surface area contributed by atoms with Crippen molar-refractivity contribution in [3.63, 3.8) is 0 Å². The number of aromatic nitrogens is 1. The van der Waals surface area contributed by atoms with Crippen molar-refractivity contribution in [3.8, 4) is 11.3 Å². The third-order valence-corrected chi connectivity index (χ3v) is 4.44. The number of likely N-dealkylation sites (tertiary alicyclic amines) is 1. The fourth-order valence-corrected chi connectivity index (χ4v) is 3.13. The molecule has 1 aromatic heterocycles. The number of nitrogens with zero attached hydrogens (tertiary/aromatic N) is 2. The Labute approximate surface area is 139 Å². The van der Waals surface area contributed by atoms with Crippen LogP contribution in [0.15, 0.2) is 34.9 Å². The Morgan fingerprint density at radius 3 is 2.91 bits per heavy atom. The summed E-state index contributed by atoms with van der Waals surface area (Å²) in [4.78, 5) is 14.5. The molecule has 23 heavy (non-hydrogen) atoms. The Morgan fingerprint density at radius 1 is 1.39 bits per heavy atom. The maximum absolute atomic E-state index is 12.6. The molecule has 1 unspecified atom stereocenters. The van der Waals surface area contributed by atoms with Crippen LogP contribution in [0.25, 0.3) is 11.3 Å². The lowest BCUT2D eigenvalue weighted by Crippen LogP contribution is -2.35. The fraction of sp³-hybridized carbons (Fsp3) is 0.412. The van der Waals surface area contributed by atoms with Crippen LogP contribution in [0.4, 0.5) is 0 Å². The molecule has 0 bridgehead atoms. The van der Waals surface area contributed by atoms with Gasteiger partial charge in [0, 0.05) is 35.8 Å². The van der Waals surface area contributed by atoms with Crippen LogP contribution in [0.3, 0.4) is 0 Å². The van der Waals surface area contributed by atoms with Gasteiger partial charge in [-0.15, -0.1) is 0 Å². The quantitative estimate of drug-likeness (QED) is 0.910. The standard InChI is InChI=1S/C17H19ClN2O3/c18-13-7-5-12(6-8-13)16-11-15(19-23-16)17(22)20-9-1-3-14(20)4-2-10-21/h5-8,11,14,21H,1-4,9-10H2. The van der Waals surface area contributed by atoms with Crippen LogP contribution in [0.5, 0.6) is 0 Å². The van der Waals surface area contributed by atoms with Crippen LogP contribution in [0.2, 0.25) is 5.02 Å². The third kappa shape index (κ3) is 3.57. The van der Waals surface area contributed by atoms with E-state index in [4.69, 9.17) is 21.2 Å². The van der Waals surface area contributed by atoms with Gasteiger partial charge >= 0.3 is 0 Å². The fourth-order valence-electron chi connectivity index (χ4n) is 3.00. The zero-order valence-corrected chi connectivity index (χ0v) is 13.5. The SMILES string of the molecule is O=C(c1cc(-c2ccc(Cl)cc2)on1)N1CCCC1CCCO. The first-order valence-electron chi connectivity index (χ1n) is 7.83. The van der Waals surface area contributed by atoms with Crippen molar-refractivity contribution in [1.82, 2.24) is 10.1 Å². The summed E-state index contributed by atoms with van der Waals surface area (Å²) >= 11 is 5.87. The lowest BCUT2D eigenvalue weighted by Gasteiger charge is -2.23. The Morgan fingerprint density at radius 2 is 2.17 bits per heavy atom. The van der Waals surface area contributed by atoms with E-state index in [1.165, 1.54) is 0 Å². The van der Waals surface area contributed by atoms with E-state index >= 15 is 0 Å². The van der Waals surface area contributed by atoms with Gasteiger partial charge in [-0.2, -0.15) is 0 Å². The van der Waals surface area contributed by atoms with Gasteiger partial charge < -0.3 is 14.5 Å². The number of aliphatic hydroxyl groups excluding tert-OH is 1. The van der Waals surface area contributed by atoms with Crippen molar-refractivity contribution >= 4 is 17.5 Å². The van der Waals surface area contributed by atoms with Gasteiger partial charge in [0.1, 0.15) is 0 Å². The minimum Gasteiger partial charge on any atom is -0.396 e. The van der Waals surface area contributed by atoms with Gasteiger partial charge in [0.2, 0.25) is 0 Å². The minimum absolute atomic E-state index is 0.102. The first-order valence-corrected chi connectivity index (χ1v) is 8.21. The Kier molecular flexibility index (Phi) is 4.98. The van der Waals surface area contributed by atoms with Crippen molar-refractivity contribution in [2.45, 2.75) is 31.7 Å². The highest BCUT2D eigenvalue weighted by Crippen LogP contribution is 2.26. The number of rotatable bonds is 5. The second-order valence-electron chi connectivity index (χ2n) is 5.74. The highest BCUT2D eigenvalue weighted by atomic mass is 35.5. The highest BCUT2D eigenvalue weighted by Gasteiger charge is 2.30. The number of hydrogen-bond acceptors (Lipinski definition) is 4. The molecule has 0 saturated carbocycles. The number of carbonyl (C=O) groups is 1. The molecule has 2 aromatic rings. The third-order valence-electron chi connectivity index (χ3n) is 4.19. The molecule has 0 radical (unpaired) electrons. The zero-order valence-electron chi connectivity index (χ0n) is 12.7. The predicted molar refractivity (Wildman–Crippen MR) is 87.3 cm³/mol. The van der Waals surface area contributed by atoms with E-state index in [0.29, 0.717) is 22.9 Å². The number of amides is 1. The summed E-state index contributed by atoms with van der Waals surface area (Å²) < 4.78 is 5.31. The average Bonchev–Trinajstić information content (AvgIpc) is 3.22. The van der Waals surface area contributed by atoms with Crippen molar-refractivity contribution < 1.29 is 14.4 Å². The van der Waals surface area contributed by atoms with E-state index in [0.717, 1.165) is 31.4 Å². The summed E-state index contributed by atoms with van der Waals surface area (Å²) in [5.41, 5.74) is 1.16. The number of hydrogen-bond donors (Lipinski definition) is 1. The molecule has 122 valence electrons. The van der Waals surface area contributed by atoms with E-state index in [1.54, 1.807) is 18.2 Å². The first kappa shape index (κ1) is 16.0. The summed E-state index contributed by atoms with van der Waals surface area (Å²) in [6.45, 7) is 0.890. The van der Waals surface area contributed by atoms with Crippen LogP contribution in [0.1, 0.15) is 36.2 Å². The van der Waals surface area contributed by atoms with Gasteiger partial charge in [0.25, 0.3) is 5.91 Å². The van der Waals surface area contributed by atoms with E-state index < -0.39 is 0 Å². The molecule has 6 heteroatoms. The zero-order chi connectivity index (χ0) is 16.2. The molecule has 1 atom stereocenters. The van der Waals surface area contributed by atoms with Crippen LogP contribution >= 0.6 is 11.6 Å². The van der Waals surface area contributed by atoms with Crippen LogP contribution in [-0.4, -0.2) is 40.3 Å². The summed E-state index contributed by atoms with van der Waals surface area (Å²) in [6.07, 6.45) is 3.50. The first-order chi connectivity index (χ1) is 11.2. The molecule has 1 fully saturated rings. The lowest BCUT2D eigenvalue weighted by atomic mass is 10.1. The van der Waals surface area contributed by atoms with E-state index in [9.17, 15) is 4.79 Å². The highest BCUT2D eigenvalue weighted by molar-refractivity contribution is 6.30. The second-order valence-corrected chi connectivity index (χ2v) is 6.18. The lowest BCUT2D eigenvalue weighted by molar-refractivity contribution is 0.0714. The van der Waals surface area contributed by atoms with E-state index in [1.807, 2.05) is 17.0 Å². The maximum atomic E-state index is 12.6. The summed E-state index contributed by atoms with van der Waals surface area (Å²) in [5.74, 6) is 0.450. The van der Waals surface area contributed by atoms with Crippen molar-refractivity contribution in [1.29, 1.82) is 0 Å². The van der Waals surface area contributed by atoms with Gasteiger partial charge in [-0.3, -0.25) is 4.79 Å². The molecule has 0 aliphatic carbocycles. The number of halogens is 1. The van der Waals surface area contributed by atoms with Crippen LogP contribution in [0, 0.1) is 0 Å². The Balaban J connectivity index is 1.74. The van der Waals surface area contributed by atoms with Gasteiger partial charge in [0.05, 0.1) is 0 Å². The normalized spacial score (nSPS) is 17.7. The molecule has 0 spiro atoms. The monoisotopic (exact) mass is 334 g/mol. The Hall–Kier alpha value is -1.85. The molecule has 3 rings (SSSR count). The topological polar surface area (TPSA) is 66.6 Å². The molecular weight excluding hydrogens is 316 g/mol. The van der Waals surface area contributed by atoms with Crippen LogP contribution < -0.4 is 0 Å². The van der Waals surface area contributed by atoms with Crippen molar-refractivity contribution in [2.24, 2.45) is 0 Å². The van der Waals surface area contributed by atoms with Gasteiger partial charge in [-0.25, -0.2) is 0 Å². The van der Waals surface area contributed by atoms with Crippen LogP contribution in [-0.2, 0) is 0 Å². The largest absolute Gasteiger partial charge is 0.396 e. The van der Waals surface area contributed by atoms with Crippen molar-refractivity contribution in [3.05, 3.63) is 41.0 Å².